The number of aromatic nitrogens is 3. The molecule has 106 valence electrons. The highest BCUT2D eigenvalue weighted by Gasteiger charge is 2.13. The van der Waals surface area contributed by atoms with Crippen LogP contribution in [0.1, 0.15) is 29.2 Å². The molecule has 6 nitrogen and oxygen atoms in total. The van der Waals surface area contributed by atoms with Crippen molar-refractivity contribution in [3.8, 4) is 5.88 Å². The fraction of sp³-hybridized carbons (Fsp3) is 0.333. The van der Waals surface area contributed by atoms with Gasteiger partial charge in [-0.3, -0.25) is 4.79 Å². The number of amides is 1. The molecule has 1 N–H and O–H groups in total. The van der Waals surface area contributed by atoms with E-state index in [0.717, 1.165) is 16.9 Å². The molecule has 2 aromatic heterocycles. The molecule has 2 aromatic rings. The summed E-state index contributed by atoms with van der Waals surface area (Å²) in [7, 11) is 0. The topological polar surface area (TPSA) is 77.0 Å². The van der Waals surface area contributed by atoms with Gasteiger partial charge in [-0.25, -0.2) is 4.98 Å². The predicted octanol–water partition coefficient (Wildman–Crippen LogP) is 2.30. The van der Waals surface area contributed by atoms with Crippen molar-refractivity contribution in [1.29, 1.82) is 0 Å². The van der Waals surface area contributed by atoms with Crippen LogP contribution < -0.4 is 10.1 Å². The highest BCUT2D eigenvalue weighted by atomic mass is 35.5. The Balaban J connectivity index is 2.02. The standard InChI is InChI=1S/C12H13ClN4O2S/c1-7(2)19-10-8(4-3-5-14-10)6-15-9(18)11-16-17-12(13)20-11/h3-5,7H,6H2,1-2H3,(H,15,18). The number of rotatable bonds is 5. The van der Waals surface area contributed by atoms with E-state index >= 15 is 0 Å². The van der Waals surface area contributed by atoms with Gasteiger partial charge in [-0.05, 0) is 31.5 Å². The maximum Gasteiger partial charge on any atom is 0.282 e. The number of nitrogens with one attached hydrogen (secondary N) is 1. The lowest BCUT2D eigenvalue weighted by atomic mass is 10.2. The minimum absolute atomic E-state index is 0.0151. The molecule has 8 heteroatoms. The Morgan fingerprint density at radius 1 is 1.50 bits per heavy atom. The monoisotopic (exact) mass is 312 g/mol. The van der Waals surface area contributed by atoms with Gasteiger partial charge in [0.25, 0.3) is 5.91 Å². The van der Waals surface area contributed by atoms with Gasteiger partial charge in [0.1, 0.15) is 0 Å². The number of ether oxygens (including phenoxy) is 1. The molecule has 0 saturated heterocycles. The van der Waals surface area contributed by atoms with Gasteiger partial charge in [0.05, 0.1) is 6.10 Å². The fourth-order valence-corrected chi connectivity index (χ4v) is 2.18. The molecule has 0 aromatic carbocycles. The second kappa shape index (κ2) is 6.62. The predicted molar refractivity (Wildman–Crippen MR) is 76.1 cm³/mol. The molecule has 2 rings (SSSR count). The third-order valence-electron chi connectivity index (χ3n) is 2.23. The van der Waals surface area contributed by atoms with Gasteiger partial charge in [-0.1, -0.05) is 17.4 Å². The summed E-state index contributed by atoms with van der Waals surface area (Å²) < 4.78 is 5.81. The number of hydrogen-bond donors (Lipinski definition) is 1. The van der Waals surface area contributed by atoms with Crippen LogP contribution in [0, 0.1) is 0 Å². The Bertz CT molecular complexity index is 603. The zero-order valence-electron chi connectivity index (χ0n) is 11.0. The van der Waals surface area contributed by atoms with E-state index in [0.29, 0.717) is 12.4 Å². The quantitative estimate of drug-likeness (QED) is 0.916. The minimum atomic E-state index is -0.325. The van der Waals surface area contributed by atoms with Crippen molar-refractivity contribution < 1.29 is 9.53 Å². The van der Waals surface area contributed by atoms with Crippen LogP contribution >= 0.6 is 22.9 Å². The van der Waals surface area contributed by atoms with Crippen molar-refractivity contribution in [2.45, 2.75) is 26.5 Å². The Morgan fingerprint density at radius 2 is 2.30 bits per heavy atom. The van der Waals surface area contributed by atoms with E-state index < -0.39 is 0 Å². The van der Waals surface area contributed by atoms with Gasteiger partial charge in [0.15, 0.2) is 0 Å². The van der Waals surface area contributed by atoms with Crippen LogP contribution in [0.2, 0.25) is 4.47 Å². The summed E-state index contributed by atoms with van der Waals surface area (Å²) in [5.74, 6) is 0.187. The van der Waals surface area contributed by atoms with Crippen molar-refractivity contribution in [2.75, 3.05) is 0 Å². The molecule has 0 atom stereocenters. The number of hydrogen-bond acceptors (Lipinski definition) is 6. The van der Waals surface area contributed by atoms with Crippen molar-refractivity contribution in [3.05, 3.63) is 33.4 Å². The molecule has 0 aliphatic rings. The van der Waals surface area contributed by atoms with Crippen molar-refractivity contribution in [2.24, 2.45) is 0 Å². The molecule has 0 aliphatic heterocycles. The van der Waals surface area contributed by atoms with Crippen molar-refractivity contribution >= 4 is 28.8 Å². The summed E-state index contributed by atoms with van der Waals surface area (Å²) in [5.41, 5.74) is 0.796. The number of carbonyl (C=O) groups excluding carboxylic acids is 1. The van der Waals surface area contributed by atoms with Crippen LogP contribution in [-0.2, 0) is 6.54 Å². The average Bonchev–Trinajstić information content (AvgIpc) is 2.83. The first-order valence-electron chi connectivity index (χ1n) is 5.94. The zero-order chi connectivity index (χ0) is 14.5. The van der Waals surface area contributed by atoms with Crippen LogP contribution in [-0.4, -0.2) is 27.2 Å². The number of halogens is 1. The van der Waals surface area contributed by atoms with Crippen LogP contribution in [0.15, 0.2) is 18.3 Å². The summed E-state index contributed by atoms with van der Waals surface area (Å²) in [6.07, 6.45) is 1.66. The summed E-state index contributed by atoms with van der Waals surface area (Å²) in [5, 5.41) is 10.2. The first-order chi connectivity index (χ1) is 9.56. The Morgan fingerprint density at radius 3 is 2.95 bits per heavy atom. The Labute approximate surface area is 125 Å². The van der Waals surface area contributed by atoms with Gasteiger partial charge < -0.3 is 10.1 Å². The second-order valence-electron chi connectivity index (χ2n) is 4.18. The highest BCUT2D eigenvalue weighted by molar-refractivity contribution is 7.17. The zero-order valence-corrected chi connectivity index (χ0v) is 12.5. The summed E-state index contributed by atoms with van der Waals surface area (Å²) >= 11 is 6.67. The normalized spacial score (nSPS) is 10.6. The first kappa shape index (κ1) is 14.7. The fourth-order valence-electron chi connectivity index (χ4n) is 1.44. The van der Waals surface area contributed by atoms with Gasteiger partial charge >= 0.3 is 0 Å². The van der Waals surface area contributed by atoms with Gasteiger partial charge in [-0.2, -0.15) is 0 Å². The molecule has 1 amide bonds. The third-order valence-corrected chi connectivity index (χ3v) is 3.25. The molecule has 0 saturated carbocycles. The summed E-state index contributed by atoms with van der Waals surface area (Å²) in [6.45, 7) is 4.13. The molecule has 0 bridgehead atoms. The van der Waals surface area contributed by atoms with Gasteiger partial charge in [0, 0.05) is 18.3 Å². The van der Waals surface area contributed by atoms with E-state index in [1.54, 1.807) is 12.3 Å². The highest BCUT2D eigenvalue weighted by Crippen LogP contribution is 2.17. The first-order valence-corrected chi connectivity index (χ1v) is 7.13. The smallest absolute Gasteiger partial charge is 0.282 e. The number of carbonyl (C=O) groups is 1. The van der Waals surface area contributed by atoms with Crippen LogP contribution in [0.4, 0.5) is 0 Å². The molecule has 0 radical (unpaired) electrons. The lowest BCUT2D eigenvalue weighted by molar-refractivity contribution is 0.0949. The SMILES string of the molecule is CC(C)Oc1ncccc1CNC(=O)c1nnc(Cl)s1. The van der Waals surface area contributed by atoms with E-state index in [9.17, 15) is 4.79 Å². The largest absolute Gasteiger partial charge is 0.475 e. The van der Waals surface area contributed by atoms with Crippen LogP contribution in [0.5, 0.6) is 5.88 Å². The maximum absolute atomic E-state index is 11.8. The molecule has 0 fully saturated rings. The Hall–Kier alpha value is -1.73. The maximum atomic E-state index is 11.8. The minimum Gasteiger partial charge on any atom is -0.475 e. The van der Waals surface area contributed by atoms with Crippen LogP contribution in [0.25, 0.3) is 0 Å². The van der Waals surface area contributed by atoms with E-state index in [-0.39, 0.29) is 21.5 Å². The van der Waals surface area contributed by atoms with E-state index in [1.165, 1.54) is 0 Å². The third kappa shape index (κ3) is 3.88. The van der Waals surface area contributed by atoms with Gasteiger partial charge in [0.2, 0.25) is 15.4 Å². The van der Waals surface area contributed by atoms with E-state index in [1.807, 2.05) is 19.9 Å². The molecular weight excluding hydrogens is 300 g/mol. The van der Waals surface area contributed by atoms with Gasteiger partial charge in [-0.15, -0.1) is 10.2 Å². The summed E-state index contributed by atoms with van der Waals surface area (Å²) in [4.78, 5) is 16.0. The van der Waals surface area contributed by atoms with E-state index in [2.05, 4.69) is 20.5 Å². The van der Waals surface area contributed by atoms with Crippen molar-refractivity contribution in [1.82, 2.24) is 20.5 Å². The molecule has 0 unspecified atom stereocenters. The number of pyridine rings is 1. The van der Waals surface area contributed by atoms with Crippen molar-refractivity contribution in [3.63, 3.8) is 0 Å². The van der Waals surface area contributed by atoms with E-state index in [4.69, 9.17) is 16.3 Å². The molecule has 20 heavy (non-hydrogen) atoms. The molecule has 0 aliphatic carbocycles. The molecular formula is C12H13ClN4O2S. The lowest BCUT2D eigenvalue weighted by Crippen LogP contribution is -2.23. The van der Waals surface area contributed by atoms with Crippen LogP contribution in [0.3, 0.4) is 0 Å². The Kier molecular flexibility index (Phi) is 4.86. The summed E-state index contributed by atoms with van der Waals surface area (Å²) in [6, 6.07) is 3.63. The number of nitrogens with zero attached hydrogens (tertiary/aromatic N) is 3. The lowest BCUT2D eigenvalue weighted by Gasteiger charge is -2.12. The second-order valence-corrected chi connectivity index (χ2v) is 5.74. The molecule has 0 spiro atoms. The molecule has 2 heterocycles. The average molecular weight is 313 g/mol.